The van der Waals surface area contributed by atoms with Gasteiger partial charge in [-0.15, -0.1) is 0 Å². The fraction of sp³-hybridized carbons (Fsp3) is 0.643. The third-order valence-corrected chi connectivity index (χ3v) is 3.80. The van der Waals surface area contributed by atoms with Gasteiger partial charge >= 0.3 is 0 Å². The van der Waals surface area contributed by atoms with E-state index in [9.17, 15) is 4.79 Å². The molecule has 0 bridgehead atoms. The van der Waals surface area contributed by atoms with Crippen LogP contribution in [0.25, 0.3) is 0 Å². The number of nitrogens with two attached hydrogens (primary N) is 1. The van der Waals surface area contributed by atoms with E-state index in [2.05, 4.69) is 0 Å². The number of carbonyl (C=O) groups excluding carboxylic acids is 1. The zero-order chi connectivity index (χ0) is 14.2. The number of hydrogen-bond donors (Lipinski definition) is 1. The van der Waals surface area contributed by atoms with Crippen LogP contribution in [0.1, 0.15) is 43.7 Å². The lowest BCUT2D eigenvalue weighted by atomic mass is 10.1. The van der Waals surface area contributed by atoms with Crippen LogP contribution < -0.4 is 5.73 Å². The average molecular weight is 265 g/mol. The maximum Gasteiger partial charge on any atom is 0.270 e. The second kappa shape index (κ2) is 5.25. The minimum absolute atomic E-state index is 0.00718. The highest BCUT2D eigenvalue weighted by molar-refractivity contribution is 5.94. The zero-order valence-corrected chi connectivity index (χ0v) is 12.1. The first-order valence-corrected chi connectivity index (χ1v) is 6.78. The molecule has 0 aromatic carbocycles. The topological polar surface area (TPSA) is 60.5 Å². The van der Waals surface area contributed by atoms with Crippen LogP contribution in [0, 0.1) is 0 Å². The van der Waals surface area contributed by atoms with Gasteiger partial charge in [0.05, 0.1) is 17.8 Å². The van der Waals surface area contributed by atoms with Crippen molar-refractivity contribution in [2.45, 2.75) is 45.4 Å². The molecule has 1 saturated heterocycles. The summed E-state index contributed by atoms with van der Waals surface area (Å²) in [7, 11) is 1.84. The van der Waals surface area contributed by atoms with Crippen molar-refractivity contribution in [3.8, 4) is 0 Å². The van der Waals surface area contributed by atoms with Gasteiger partial charge in [0.15, 0.2) is 0 Å². The molecule has 1 aliphatic rings. The van der Waals surface area contributed by atoms with E-state index in [-0.39, 0.29) is 24.1 Å². The predicted molar refractivity (Wildman–Crippen MR) is 75.1 cm³/mol. The summed E-state index contributed by atoms with van der Waals surface area (Å²) in [5, 5.41) is 0. The summed E-state index contributed by atoms with van der Waals surface area (Å²) >= 11 is 0. The second-order valence-electron chi connectivity index (χ2n) is 5.51. The molecule has 5 nitrogen and oxygen atoms in total. The van der Waals surface area contributed by atoms with Crippen LogP contribution in [0.4, 0.5) is 5.69 Å². The molecule has 106 valence electrons. The number of anilines is 1. The molecule has 0 aliphatic carbocycles. The molecule has 1 aromatic rings. The number of nitrogens with zero attached hydrogens (tertiary/aromatic N) is 2. The van der Waals surface area contributed by atoms with Crippen molar-refractivity contribution in [3.05, 3.63) is 18.0 Å². The average Bonchev–Trinajstić information content (AvgIpc) is 2.93. The van der Waals surface area contributed by atoms with Crippen LogP contribution >= 0.6 is 0 Å². The van der Waals surface area contributed by atoms with Crippen molar-refractivity contribution in [2.75, 3.05) is 19.4 Å². The number of rotatable bonds is 3. The van der Waals surface area contributed by atoms with E-state index in [0.717, 1.165) is 13.0 Å². The summed E-state index contributed by atoms with van der Waals surface area (Å²) in [5.74, 6) is 0.00718. The van der Waals surface area contributed by atoms with E-state index in [1.54, 1.807) is 11.0 Å². The van der Waals surface area contributed by atoms with Crippen molar-refractivity contribution >= 4 is 11.6 Å². The third kappa shape index (κ3) is 2.61. The Balaban J connectivity index is 2.24. The first kappa shape index (κ1) is 13.9. The van der Waals surface area contributed by atoms with E-state index in [1.807, 2.05) is 38.6 Å². The molecule has 0 radical (unpaired) electrons. The van der Waals surface area contributed by atoms with Crippen molar-refractivity contribution in [1.29, 1.82) is 0 Å². The van der Waals surface area contributed by atoms with Gasteiger partial charge in [-0.05, 0) is 33.3 Å². The molecule has 2 heterocycles. The summed E-state index contributed by atoms with van der Waals surface area (Å²) in [6, 6.07) is 2.10. The lowest BCUT2D eigenvalue weighted by Gasteiger charge is -2.27. The number of ether oxygens (including phenoxy) is 1. The lowest BCUT2D eigenvalue weighted by molar-refractivity contribution is 0.0564. The Kier molecular flexibility index (Phi) is 3.85. The van der Waals surface area contributed by atoms with Gasteiger partial charge < -0.3 is 19.9 Å². The molecular formula is C14H23N3O2. The van der Waals surface area contributed by atoms with Crippen molar-refractivity contribution in [1.82, 2.24) is 9.47 Å². The zero-order valence-electron chi connectivity index (χ0n) is 12.1. The second-order valence-corrected chi connectivity index (χ2v) is 5.51. The molecule has 2 rings (SSSR count). The summed E-state index contributed by atoms with van der Waals surface area (Å²) < 4.78 is 7.46. The standard InChI is InChI=1S/C14H23N3O2/c1-9(2)17-8-11(15)7-13(17)14(18)16(4)12-5-6-19-10(12)3/h7-10,12H,5-6,15H2,1-4H3. The number of amides is 1. The first-order valence-electron chi connectivity index (χ1n) is 6.78. The molecule has 5 heteroatoms. The largest absolute Gasteiger partial charge is 0.397 e. The molecule has 0 saturated carbocycles. The Bertz CT molecular complexity index is 467. The van der Waals surface area contributed by atoms with Crippen LogP contribution in [-0.4, -0.2) is 41.2 Å². The van der Waals surface area contributed by atoms with Crippen LogP contribution in [0.3, 0.4) is 0 Å². The summed E-state index contributed by atoms with van der Waals surface area (Å²) in [6.45, 7) is 6.81. The molecule has 1 fully saturated rings. The number of carbonyl (C=O) groups is 1. The Hall–Kier alpha value is -1.49. The molecule has 2 N–H and O–H groups in total. The van der Waals surface area contributed by atoms with Crippen LogP contribution in [0.2, 0.25) is 0 Å². The predicted octanol–water partition coefficient (Wildman–Crippen LogP) is 1.90. The Labute approximate surface area is 114 Å². The molecule has 2 unspecified atom stereocenters. The molecular weight excluding hydrogens is 242 g/mol. The van der Waals surface area contributed by atoms with Gasteiger partial charge in [0.1, 0.15) is 5.69 Å². The van der Waals surface area contributed by atoms with E-state index in [0.29, 0.717) is 11.4 Å². The van der Waals surface area contributed by atoms with Gasteiger partial charge in [-0.3, -0.25) is 4.79 Å². The molecule has 1 amide bonds. The normalized spacial score (nSPS) is 23.0. The molecule has 2 atom stereocenters. The van der Waals surface area contributed by atoms with Gasteiger partial charge in [-0.25, -0.2) is 0 Å². The highest BCUT2D eigenvalue weighted by Gasteiger charge is 2.32. The number of nitrogen functional groups attached to an aromatic ring is 1. The Morgan fingerprint density at radius 2 is 2.26 bits per heavy atom. The first-order chi connectivity index (χ1) is 8.91. The van der Waals surface area contributed by atoms with E-state index in [1.165, 1.54) is 0 Å². The maximum absolute atomic E-state index is 12.6. The highest BCUT2D eigenvalue weighted by atomic mass is 16.5. The van der Waals surface area contributed by atoms with Gasteiger partial charge in [-0.1, -0.05) is 0 Å². The Morgan fingerprint density at radius 3 is 2.79 bits per heavy atom. The highest BCUT2D eigenvalue weighted by Crippen LogP contribution is 2.23. The van der Waals surface area contributed by atoms with E-state index in [4.69, 9.17) is 10.5 Å². The molecule has 19 heavy (non-hydrogen) atoms. The smallest absolute Gasteiger partial charge is 0.270 e. The van der Waals surface area contributed by atoms with E-state index >= 15 is 0 Å². The fourth-order valence-corrected chi connectivity index (χ4v) is 2.66. The monoisotopic (exact) mass is 265 g/mol. The number of aromatic nitrogens is 1. The van der Waals surface area contributed by atoms with Crippen LogP contribution in [0.15, 0.2) is 12.3 Å². The molecule has 0 spiro atoms. The fourth-order valence-electron chi connectivity index (χ4n) is 2.66. The van der Waals surface area contributed by atoms with Crippen LogP contribution in [0.5, 0.6) is 0 Å². The summed E-state index contributed by atoms with van der Waals surface area (Å²) in [6.07, 6.45) is 2.80. The maximum atomic E-state index is 12.6. The quantitative estimate of drug-likeness (QED) is 0.908. The number of hydrogen-bond acceptors (Lipinski definition) is 3. The van der Waals surface area contributed by atoms with Gasteiger partial charge in [-0.2, -0.15) is 0 Å². The van der Waals surface area contributed by atoms with Crippen molar-refractivity contribution in [3.63, 3.8) is 0 Å². The van der Waals surface area contributed by atoms with Gasteiger partial charge in [0.25, 0.3) is 5.91 Å². The Morgan fingerprint density at radius 1 is 1.58 bits per heavy atom. The van der Waals surface area contributed by atoms with Gasteiger partial charge in [0, 0.05) is 25.9 Å². The van der Waals surface area contributed by atoms with Crippen molar-refractivity contribution < 1.29 is 9.53 Å². The van der Waals surface area contributed by atoms with Crippen LogP contribution in [-0.2, 0) is 4.74 Å². The summed E-state index contributed by atoms with van der Waals surface area (Å²) in [5.41, 5.74) is 7.09. The minimum Gasteiger partial charge on any atom is -0.397 e. The SMILES string of the molecule is CC1OCCC1N(C)C(=O)c1cc(N)cn1C(C)C. The molecule has 1 aliphatic heterocycles. The van der Waals surface area contributed by atoms with Crippen molar-refractivity contribution in [2.24, 2.45) is 0 Å². The van der Waals surface area contributed by atoms with E-state index < -0.39 is 0 Å². The number of likely N-dealkylation sites (N-methyl/N-ethyl adjacent to an activating group) is 1. The minimum atomic E-state index is 0.00718. The molecule has 1 aromatic heterocycles. The van der Waals surface area contributed by atoms with Gasteiger partial charge in [0.2, 0.25) is 0 Å². The third-order valence-electron chi connectivity index (χ3n) is 3.80. The lowest BCUT2D eigenvalue weighted by Crippen LogP contribution is -2.41. The summed E-state index contributed by atoms with van der Waals surface area (Å²) in [4.78, 5) is 14.4.